The topological polar surface area (TPSA) is 63.8 Å². The number of aryl methyl sites for hydroxylation is 1. The number of hydrogen-bond acceptors (Lipinski definition) is 4. The Labute approximate surface area is 94.5 Å². The molecule has 0 aliphatic carbocycles. The molecule has 4 heteroatoms. The minimum absolute atomic E-state index is 0.628. The van der Waals surface area contributed by atoms with Gasteiger partial charge in [0.2, 0.25) is 0 Å². The number of hydrazine groups is 1. The molecule has 0 bridgehead atoms. The Hall–Kier alpha value is -1.78. The summed E-state index contributed by atoms with van der Waals surface area (Å²) in [4.78, 5) is 8.54. The van der Waals surface area contributed by atoms with E-state index in [-0.39, 0.29) is 0 Å². The monoisotopic (exact) mass is 214 g/mol. The van der Waals surface area contributed by atoms with Crippen LogP contribution in [0.2, 0.25) is 0 Å². The maximum Gasteiger partial charge on any atom is 0.0703 e. The fourth-order valence-electron chi connectivity index (χ4n) is 1.52. The van der Waals surface area contributed by atoms with Crippen molar-refractivity contribution in [3.8, 4) is 11.3 Å². The summed E-state index contributed by atoms with van der Waals surface area (Å²) in [6, 6.07) is 7.97. The Morgan fingerprint density at radius 1 is 1.25 bits per heavy atom. The second-order valence-electron chi connectivity index (χ2n) is 3.62. The first-order valence-corrected chi connectivity index (χ1v) is 5.11. The Morgan fingerprint density at radius 2 is 2.12 bits per heavy atom. The predicted molar refractivity (Wildman–Crippen MR) is 63.2 cm³/mol. The zero-order valence-corrected chi connectivity index (χ0v) is 9.14. The van der Waals surface area contributed by atoms with Crippen LogP contribution < -0.4 is 11.3 Å². The lowest BCUT2D eigenvalue weighted by molar-refractivity contribution is 0.739. The SMILES string of the molecule is Cc1cc(-c2ccc(CNN)cn2)ccn1. The van der Waals surface area contributed by atoms with Gasteiger partial charge in [0.05, 0.1) is 5.69 Å². The van der Waals surface area contributed by atoms with E-state index in [0.717, 1.165) is 22.5 Å². The molecular weight excluding hydrogens is 200 g/mol. The van der Waals surface area contributed by atoms with E-state index in [1.807, 2.05) is 37.4 Å². The number of nitrogens with one attached hydrogen (secondary N) is 1. The second-order valence-corrected chi connectivity index (χ2v) is 3.62. The maximum atomic E-state index is 5.24. The van der Waals surface area contributed by atoms with E-state index >= 15 is 0 Å². The van der Waals surface area contributed by atoms with E-state index in [4.69, 9.17) is 5.84 Å². The standard InChI is InChI=1S/C12H14N4/c1-9-6-11(4-5-14-9)12-3-2-10(7-15-12)8-16-13/h2-7,16H,8,13H2,1H3. The largest absolute Gasteiger partial charge is 0.271 e. The van der Waals surface area contributed by atoms with Gasteiger partial charge in [0.25, 0.3) is 0 Å². The summed E-state index contributed by atoms with van der Waals surface area (Å²) in [5, 5.41) is 0. The zero-order chi connectivity index (χ0) is 11.4. The average Bonchev–Trinajstić information content (AvgIpc) is 2.30. The molecule has 0 aliphatic rings. The van der Waals surface area contributed by atoms with E-state index < -0.39 is 0 Å². The number of rotatable bonds is 3. The van der Waals surface area contributed by atoms with Gasteiger partial charge >= 0.3 is 0 Å². The number of aromatic nitrogens is 2. The van der Waals surface area contributed by atoms with Gasteiger partial charge in [-0.3, -0.25) is 21.2 Å². The summed E-state index contributed by atoms with van der Waals surface area (Å²) in [7, 11) is 0. The van der Waals surface area contributed by atoms with Crippen LogP contribution in [0, 0.1) is 6.92 Å². The third-order valence-electron chi connectivity index (χ3n) is 2.32. The Morgan fingerprint density at radius 3 is 2.75 bits per heavy atom. The highest BCUT2D eigenvalue weighted by atomic mass is 15.2. The van der Waals surface area contributed by atoms with Crippen LogP contribution in [0.15, 0.2) is 36.7 Å². The van der Waals surface area contributed by atoms with E-state index in [1.165, 1.54) is 0 Å². The van der Waals surface area contributed by atoms with Gasteiger partial charge in [-0.25, -0.2) is 0 Å². The van der Waals surface area contributed by atoms with E-state index in [1.54, 1.807) is 6.20 Å². The third-order valence-corrected chi connectivity index (χ3v) is 2.32. The van der Waals surface area contributed by atoms with Crippen molar-refractivity contribution >= 4 is 0 Å². The lowest BCUT2D eigenvalue weighted by Gasteiger charge is -2.03. The molecule has 0 saturated heterocycles. The summed E-state index contributed by atoms with van der Waals surface area (Å²) >= 11 is 0. The van der Waals surface area contributed by atoms with Crippen LogP contribution in [0.5, 0.6) is 0 Å². The predicted octanol–water partition coefficient (Wildman–Crippen LogP) is 1.42. The molecule has 82 valence electrons. The minimum Gasteiger partial charge on any atom is -0.271 e. The van der Waals surface area contributed by atoms with Crippen molar-refractivity contribution in [2.24, 2.45) is 5.84 Å². The molecule has 2 rings (SSSR count). The summed E-state index contributed by atoms with van der Waals surface area (Å²) in [5.74, 6) is 5.24. The Kier molecular flexibility index (Phi) is 3.24. The van der Waals surface area contributed by atoms with Crippen LogP contribution in [-0.4, -0.2) is 9.97 Å². The van der Waals surface area contributed by atoms with Gasteiger partial charge in [0.15, 0.2) is 0 Å². The number of nitrogens with two attached hydrogens (primary N) is 1. The van der Waals surface area contributed by atoms with Gasteiger partial charge in [-0.2, -0.15) is 0 Å². The fourth-order valence-corrected chi connectivity index (χ4v) is 1.52. The summed E-state index contributed by atoms with van der Waals surface area (Å²) < 4.78 is 0. The van der Waals surface area contributed by atoms with E-state index in [0.29, 0.717) is 6.54 Å². The van der Waals surface area contributed by atoms with Crippen molar-refractivity contribution < 1.29 is 0 Å². The van der Waals surface area contributed by atoms with E-state index in [9.17, 15) is 0 Å². The number of hydrogen-bond donors (Lipinski definition) is 2. The van der Waals surface area contributed by atoms with Crippen molar-refractivity contribution in [3.05, 3.63) is 47.9 Å². The highest BCUT2D eigenvalue weighted by Crippen LogP contribution is 2.16. The molecule has 16 heavy (non-hydrogen) atoms. The summed E-state index contributed by atoms with van der Waals surface area (Å²) in [6.07, 6.45) is 3.62. The van der Waals surface area contributed by atoms with Crippen molar-refractivity contribution in [3.63, 3.8) is 0 Å². The van der Waals surface area contributed by atoms with Gasteiger partial charge in [-0.15, -0.1) is 0 Å². The Balaban J connectivity index is 2.27. The molecule has 0 amide bonds. The smallest absolute Gasteiger partial charge is 0.0703 e. The first-order valence-electron chi connectivity index (χ1n) is 5.11. The lowest BCUT2D eigenvalue weighted by Crippen LogP contribution is -2.20. The van der Waals surface area contributed by atoms with E-state index in [2.05, 4.69) is 15.4 Å². The van der Waals surface area contributed by atoms with Crippen LogP contribution in [0.4, 0.5) is 0 Å². The van der Waals surface area contributed by atoms with Crippen molar-refractivity contribution in [2.75, 3.05) is 0 Å². The van der Waals surface area contributed by atoms with Crippen LogP contribution in [0.1, 0.15) is 11.3 Å². The molecule has 0 radical (unpaired) electrons. The Bertz CT molecular complexity index is 465. The van der Waals surface area contributed by atoms with Crippen LogP contribution >= 0.6 is 0 Å². The van der Waals surface area contributed by atoms with Crippen molar-refractivity contribution in [1.29, 1.82) is 0 Å². The highest BCUT2D eigenvalue weighted by molar-refractivity contribution is 5.58. The van der Waals surface area contributed by atoms with Gasteiger partial charge in [0.1, 0.15) is 0 Å². The molecule has 0 aromatic carbocycles. The zero-order valence-electron chi connectivity index (χ0n) is 9.14. The van der Waals surface area contributed by atoms with Gasteiger partial charge in [-0.1, -0.05) is 6.07 Å². The minimum atomic E-state index is 0.628. The van der Waals surface area contributed by atoms with Crippen molar-refractivity contribution in [1.82, 2.24) is 15.4 Å². The van der Waals surface area contributed by atoms with Crippen LogP contribution in [-0.2, 0) is 6.54 Å². The number of nitrogens with zero attached hydrogens (tertiary/aromatic N) is 2. The van der Waals surface area contributed by atoms with Crippen LogP contribution in [0.3, 0.4) is 0 Å². The molecule has 0 fully saturated rings. The molecule has 0 saturated carbocycles. The molecule has 2 aromatic rings. The normalized spacial score (nSPS) is 10.4. The third kappa shape index (κ3) is 2.42. The molecule has 3 N–H and O–H groups in total. The average molecular weight is 214 g/mol. The number of pyridine rings is 2. The highest BCUT2D eigenvalue weighted by Gasteiger charge is 1.99. The van der Waals surface area contributed by atoms with Crippen molar-refractivity contribution in [2.45, 2.75) is 13.5 Å². The molecule has 4 nitrogen and oxygen atoms in total. The first kappa shape index (κ1) is 10.7. The van der Waals surface area contributed by atoms with Crippen LogP contribution in [0.25, 0.3) is 11.3 Å². The summed E-state index contributed by atoms with van der Waals surface area (Å²) in [5.41, 5.74) is 6.69. The molecule has 0 aliphatic heterocycles. The van der Waals surface area contributed by atoms with Gasteiger partial charge < -0.3 is 0 Å². The molecule has 0 unspecified atom stereocenters. The fraction of sp³-hybridized carbons (Fsp3) is 0.167. The second kappa shape index (κ2) is 4.83. The molecule has 2 aromatic heterocycles. The molecular formula is C12H14N4. The lowest BCUT2D eigenvalue weighted by atomic mass is 10.1. The molecule has 0 spiro atoms. The quantitative estimate of drug-likeness (QED) is 0.599. The van der Waals surface area contributed by atoms with Gasteiger partial charge in [0, 0.05) is 30.2 Å². The molecule has 2 heterocycles. The maximum absolute atomic E-state index is 5.24. The summed E-state index contributed by atoms with van der Waals surface area (Å²) in [6.45, 7) is 2.60. The molecule has 0 atom stereocenters. The first-order chi connectivity index (χ1) is 7.79. The van der Waals surface area contributed by atoms with Gasteiger partial charge in [-0.05, 0) is 30.7 Å².